The van der Waals surface area contributed by atoms with Gasteiger partial charge in [0.1, 0.15) is 0 Å². The highest BCUT2D eigenvalue weighted by Crippen LogP contribution is 2.08. The quantitative estimate of drug-likeness (QED) is 0.589. The van der Waals surface area contributed by atoms with Crippen LogP contribution in [0.25, 0.3) is 0 Å². The number of carboxylic acid groups (broad SMARTS) is 1. The predicted molar refractivity (Wildman–Crippen MR) is 59.7 cm³/mol. The Bertz CT molecular complexity index is 419. The van der Waals surface area contributed by atoms with E-state index in [0.29, 0.717) is 25.1 Å². The minimum Gasteiger partial charge on any atom is -0.478 e. The maximum absolute atomic E-state index is 12.8. The van der Waals surface area contributed by atoms with Crippen LogP contribution in [0.15, 0.2) is 30.4 Å². The maximum atomic E-state index is 12.8. The molecule has 1 rings (SSSR count). The third-order valence-corrected chi connectivity index (χ3v) is 2.10. The summed E-state index contributed by atoms with van der Waals surface area (Å²) < 4.78 is 25.4. The molecule has 5 heteroatoms. The third-order valence-electron chi connectivity index (χ3n) is 2.10. The normalized spacial score (nSPS) is 10.9. The molecule has 1 aromatic rings. The summed E-state index contributed by atoms with van der Waals surface area (Å²) in [6, 6.07) is 3.77. The van der Waals surface area contributed by atoms with E-state index in [0.717, 1.165) is 18.2 Å². The number of carboxylic acids is 1. The van der Waals surface area contributed by atoms with E-state index in [-0.39, 0.29) is 0 Å². The molecule has 0 saturated heterocycles. The molecule has 0 aliphatic heterocycles. The summed E-state index contributed by atoms with van der Waals surface area (Å²) in [6.45, 7) is 0.991. The van der Waals surface area contributed by atoms with Crippen LogP contribution >= 0.6 is 0 Å². The topological polar surface area (TPSA) is 49.3 Å². The molecule has 0 heterocycles. The Morgan fingerprint density at radius 2 is 2.12 bits per heavy atom. The van der Waals surface area contributed by atoms with Crippen molar-refractivity contribution in [2.24, 2.45) is 0 Å². The summed E-state index contributed by atoms with van der Waals surface area (Å²) in [5.41, 5.74) is 0.693. The first-order chi connectivity index (χ1) is 8.09. The van der Waals surface area contributed by atoms with Crippen LogP contribution < -0.4 is 5.32 Å². The lowest BCUT2D eigenvalue weighted by molar-refractivity contribution is -0.131. The molecule has 0 aliphatic carbocycles. The van der Waals surface area contributed by atoms with Crippen molar-refractivity contribution < 1.29 is 18.7 Å². The van der Waals surface area contributed by atoms with Gasteiger partial charge in [-0.25, -0.2) is 13.6 Å². The highest BCUT2D eigenvalue weighted by atomic mass is 19.2. The van der Waals surface area contributed by atoms with Crippen molar-refractivity contribution in [2.75, 3.05) is 13.1 Å². The fourth-order valence-electron chi connectivity index (χ4n) is 1.27. The van der Waals surface area contributed by atoms with Crippen LogP contribution in [0, 0.1) is 11.6 Å². The van der Waals surface area contributed by atoms with Crippen LogP contribution in [-0.4, -0.2) is 24.2 Å². The Morgan fingerprint density at radius 3 is 2.76 bits per heavy atom. The van der Waals surface area contributed by atoms with Crippen molar-refractivity contribution in [3.63, 3.8) is 0 Å². The van der Waals surface area contributed by atoms with Gasteiger partial charge in [-0.3, -0.25) is 0 Å². The number of rotatable bonds is 6. The highest BCUT2D eigenvalue weighted by molar-refractivity contribution is 5.79. The molecule has 0 unspecified atom stereocenters. The van der Waals surface area contributed by atoms with Gasteiger partial charge in [-0.15, -0.1) is 0 Å². The molecule has 17 heavy (non-hydrogen) atoms. The molecule has 0 spiro atoms. The van der Waals surface area contributed by atoms with Crippen LogP contribution in [-0.2, 0) is 11.2 Å². The molecule has 0 aliphatic rings. The highest BCUT2D eigenvalue weighted by Gasteiger charge is 2.01. The van der Waals surface area contributed by atoms with Gasteiger partial charge in [-0.1, -0.05) is 12.1 Å². The van der Waals surface area contributed by atoms with Crippen molar-refractivity contribution in [1.29, 1.82) is 0 Å². The molecule has 0 amide bonds. The van der Waals surface area contributed by atoms with Gasteiger partial charge in [0.05, 0.1) is 0 Å². The lowest BCUT2D eigenvalue weighted by Crippen LogP contribution is -2.17. The summed E-state index contributed by atoms with van der Waals surface area (Å²) in [5.74, 6) is -2.70. The smallest absolute Gasteiger partial charge is 0.328 e. The van der Waals surface area contributed by atoms with E-state index >= 15 is 0 Å². The van der Waals surface area contributed by atoms with E-state index in [4.69, 9.17) is 5.11 Å². The number of hydrogen-bond donors (Lipinski definition) is 2. The summed E-state index contributed by atoms with van der Waals surface area (Å²) in [5, 5.41) is 11.3. The lowest BCUT2D eigenvalue weighted by Gasteiger charge is -2.02. The standard InChI is InChI=1S/C12H13F2NO2/c13-10-4-3-9(8-11(10)14)5-7-15-6-1-2-12(16)17/h1-4,8,15H,5-7H2,(H,16,17)/b2-1+. The van der Waals surface area contributed by atoms with Gasteiger partial charge < -0.3 is 10.4 Å². The monoisotopic (exact) mass is 241 g/mol. The molecule has 0 saturated carbocycles. The predicted octanol–water partition coefficient (Wildman–Crippen LogP) is 1.74. The first-order valence-electron chi connectivity index (χ1n) is 5.13. The van der Waals surface area contributed by atoms with Crippen molar-refractivity contribution in [3.05, 3.63) is 47.5 Å². The minimum atomic E-state index is -0.993. The molecule has 0 bridgehead atoms. The SMILES string of the molecule is O=C(O)/C=C/CNCCc1ccc(F)c(F)c1. The van der Waals surface area contributed by atoms with Crippen molar-refractivity contribution in [1.82, 2.24) is 5.32 Å². The second kappa shape index (κ2) is 6.75. The fourth-order valence-corrected chi connectivity index (χ4v) is 1.27. The van der Waals surface area contributed by atoms with Gasteiger partial charge >= 0.3 is 5.97 Å². The molecular weight excluding hydrogens is 228 g/mol. The van der Waals surface area contributed by atoms with Crippen molar-refractivity contribution in [2.45, 2.75) is 6.42 Å². The van der Waals surface area contributed by atoms with Gasteiger partial charge in [-0.2, -0.15) is 0 Å². The zero-order valence-electron chi connectivity index (χ0n) is 9.12. The molecule has 0 radical (unpaired) electrons. The molecule has 3 nitrogen and oxygen atoms in total. The Hall–Kier alpha value is -1.75. The average Bonchev–Trinajstić information content (AvgIpc) is 2.27. The largest absolute Gasteiger partial charge is 0.478 e. The molecular formula is C12H13F2NO2. The number of halogens is 2. The third kappa shape index (κ3) is 5.21. The number of aliphatic carboxylic acids is 1. The van der Waals surface area contributed by atoms with Gasteiger partial charge in [0.25, 0.3) is 0 Å². The Morgan fingerprint density at radius 1 is 1.35 bits per heavy atom. The number of hydrogen-bond acceptors (Lipinski definition) is 2. The second-order valence-corrected chi connectivity index (χ2v) is 3.44. The van der Waals surface area contributed by atoms with Crippen LogP contribution in [0.1, 0.15) is 5.56 Å². The second-order valence-electron chi connectivity index (χ2n) is 3.44. The van der Waals surface area contributed by atoms with Crippen LogP contribution in [0.3, 0.4) is 0 Å². The van der Waals surface area contributed by atoms with Gasteiger partial charge in [0.15, 0.2) is 11.6 Å². The number of carbonyl (C=O) groups is 1. The lowest BCUT2D eigenvalue weighted by atomic mass is 10.1. The molecule has 2 N–H and O–H groups in total. The molecule has 0 atom stereocenters. The summed E-state index contributed by atoms with van der Waals surface area (Å²) >= 11 is 0. The molecule has 1 aromatic carbocycles. The van der Waals surface area contributed by atoms with E-state index in [1.807, 2.05) is 0 Å². The summed E-state index contributed by atoms with van der Waals surface area (Å²) in [4.78, 5) is 10.1. The van der Waals surface area contributed by atoms with Crippen LogP contribution in [0.5, 0.6) is 0 Å². The van der Waals surface area contributed by atoms with Crippen LogP contribution in [0.2, 0.25) is 0 Å². The van der Waals surface area contributed by atoms with Crippen LogP contribution in [0.4, 0.5) is 8.78 Å². The minimum absolute atomic E-state index is 0.427. The van der Waals surface area contributed by atoms with E-state index < -0.39 is 17.6 Å². The van der Waals surface area contributed by atoms with Crippen molar-refractivity contribution >= 4 is 5.97 Å². The Labute approximate surface area is 97.8 Å². The van der Waals surface area contributed by atoms with E-state index in [9.17, 15) is 13.6 Å². The first-order valence-corrected chi connectivity index (χ1v) is 5.13. The van der Waals surface area contributed by atoms with Gasteiger partial charge in [0.2, 0.25) is 0 Å². The van der Waals surface area contributed by atoms with Crippen molar-refractivity contribution in [3.8, 4) is 0 Å². The van der Waals surface area contributed by atoms with Gasteiger partial charge in [-0.05, 0) is 30.7 Å². The van der Waals surface area contributed by atoms with Gasteiger partial charge in [0, 0.05) is 12.6 Å². The maximum Gasteiger partial charge on any atom is 0.328 e. The Balaban J connectivity index is 2.27. The fraction of sp³-hybridized carbons (Fsp3) is 0.250. The summed E-state index contributed by atoms with van der Waals surface area (Å²) in [6.07, 6.45) is 3.08. The zero-order chi connectivity index (χ0) is 12.7. The molecule has 92 valence electrons. The number of benzene rings is 1. The number of nitrogens with one attached hydrogen (secondary N) is 1. The van der Waals surface area contributed by atoms with E-state index in [2.05, 4.69) is 5.32 Å². The Kier molecular flexibility index (Phi) is 5.29. The zero-order valence-corrected chi connectivity index (χ0v) is 9.12. The average molecular weight is 241 g/mol. The summed E-state index contributed by atoms with van der Waals surface area (Å²) in [7, 11) is 0. The van der Waals surface area contributed by atoms with E-state index in [1.165, 1.54) is 12.1 Å². The molecule has 0 fully saturated rings. The van der Waals surface area contributed by atoms with E-state index in [1.54, 1.807) is 0 Å². The first kappa shape index (κ1) is 13.3. The molecule has 0 aromatic heterocycles.